The van der Waals surface area contributed by atoms with Crippen molar-refractivity contribution in [3.63, 3.8) is 0 Å². The lowest BCUT2D eigenvalue weighted by Crippen LogP contribution is -2.89. The molecule has 0 aliphatic carbocycles. The van der Waals surface area contributed by atoms with E-state index in [4.69, 9.17) is 15.6 Å². The molecule has 1 aromatic rings. The Bertz CT molecular complexity index is 532. The third-order valence-corrected chi connectivity index (χ3v) is 3.60. The van der Waals surface area contributed by atoms with E-state index in [2.05, 4.69) is 22.3 Å². The first kappa shape index (κ1) is 19.7. The van der Waals surface area contributed by atoms with Crippen LogP contribution in [0.5, 0.6) is 5.75 Å². The zero-order chi connectivity index (χ0) is 17.9. The quantitative estimate of drug-likeness (QED) is 0.546. The van der Waals surface area contributed by atoms with Crippen LogP contribution >= 0.6 is 0 Å². The molecule has 1 saturated heterocycles. The zero-order valence-electron chi connectivity index (χ0n) is 13.8. The van der Waals surface area contributed by atoms with Crippen LogP contribution in [-0.4, -0.2) is 56.4 Å². The van der Waals surface area contributed by atoms with E-state index in [0.29, 0.717) is 0 Å². The van der Waals surface area contributed by atoms with Gasteiger partial charge in [0.05, 0.1) is 44.9 Å². The fourth-order valence-corrected chi connectivity index (χ4v) is 2.28. The van der Waals surface area contributed by atoms with E-state index in [1.807, 2.05) is 12.1 Å². The van der Waals surface area contributed by atoms with Gasteiger partial charge in [-0.2, -0.15) is 0 Å². The Morgan fingerprint density at radius 1 is 1.38 bits per heavy atom. The molecule has 0 bridgehead atoms. The maximum atomic E-state index is 9.88. The van der Waals surface area contributed by atoms with Crippen LogP contribution in [0.15, 0.2) is 24.3 Å². The molecule has 0 amide bonds. The van der Waals surface area contributed by atoms with Crippen molar-refractivity contribution in [1.82, 2.24) is 0 Å². The minimum atomic E-state index is -1.42. The Hall–Kier alpha value is -2.32. The van der Waals surface area contributed by atoms with Crippen LogP contribution in [0.4, 0.5) is 5.69 Å². The van der Waals surface area contributed by atoms with E-state index in [0.717, 1.165) is 18.8 Å². The van der Waals surface area contributed by atoms with Crippen LogP contribution in [-0.2, 0) is 9.59 Å². The van der Waals surface area contributed by atoms with Crippen molar-refractivity contribution < 1.29 is 29.9 Å². The van der Waals surface area contributed by atoms with Gasteiger partial charge in [0, 0.05) is 12.5 Å². The zero-order valence-corrected chi connectivity index (χ0v) is 13.8. The monoisotopic (exact) mass is 339 g/mol. The summed E-state index contributed by atoms with van der Waals surface area (Å²) >= 11 is 0. The molecule has 0 unspecified atom stereocenters. The van der Waals surface area contributed by atoms with Gasteiger partial charge in [-0.1, -0.05) is 12.1 Å². The number of quaternary nitrogens is 1. The van der Waals surface area contributed by atoms with Gasteiger partial charge >= 0.3 is 5.97 Å². The maximum absolute atomic E-state index is 9.88. The molecule has 8 nitrogen and oxygen atoms in total. The van der Waals surface area contributed by atoms with Gasteiger partial charge in [-0.05, 0) is 18.6 Å². The topological polar surface area (TPSA) is 133 Å². The summed E-state index contributed by atoms with van der Waals surface area (Å²) in [6.07, 6.45) is -0.327. The van der Waals surface area contributed by atoms with Gasteiger partial charge < -0.3 is 35.7 Å². The van der Waals surface area contributed by atoms with Gasteiger partial charge in [-0.25, -0.2) is 0 Å². The normalized spacial score (nSPS) is 15.0. The van der Waals surface area contributed by atoms with Crippen LogP contribution in [0.3, 0.4) is 0 Å². The largest absolute Gasteiger partial charge is 0.548 e. The average Bonchev–Trinajstić information content (AvgIpc) is 2.60. The summed E-state index contributed by atoms with van der Waals surface area (Å²) in [6, 6.07) is 7.06. The molecule has 24 heavy (non-hydrogen) atoms. The van der Waals surface area contributed by atoms with Crippen LogP contribution in [0.25, 0.3) is 0 Å². The van der Waals surface area contributed by atoms with Gasteiger partial charge in [0.15, 0.2) is 0 Å². The van der Waals surface area contributed by atoms with E-state index in [9.17, 15) is 14.7 Å². The number of carbonyl (C=O) groups is 2. The fraction of sp³-hybridized carbons (Fsp3) is 0.500. The smallest absolute Gasteiger partial charge is 0.303 e. The Morgan fingerprint density at radius 2 is 2.00 bits per heavy atom. The number of para-hydroxylation sites is 2. The first-order valence-electron chi connectivity index (χ1n) is 7.83. The molecule has 5 N–H and O–H groups in total. The standard InChI is InChI=1S/C11H16N2O.C5H9NO4/c1-14-11-5-3-2-4-10(11)13-8-6-12-7-9-13;6-3(5(9)10)1-2-4(7)8/h2-5,12H,6-9H2,1H3;3H,1-2,6H2,(H,7,8)(H,9,10)/t;3-/m.0/s1. The summed E-state index contributed by atoms with van der Waals surface area (Å²) in [6.45, 7) is 4.58. The highest BCUT2D eigenvalue weighted by molar-refractivity contribution is 5.72. The molecule has 1 heterocycles. The molecule has 0 saturated carbocycles. The number of aliphatic carboxylic acids is 2. The number of benzene rings is 1. The number of hydrogen-bond donors (Lipinski definition) is 3. The number of methoxy groups -OCH3 is 1. The van der Waals surface area contributed by atoms with Crippen molar-refractivity contribution in [2.45, 2.75) is 18.9 Å². The molecule has 0 aromatic heterocycles. The van der Waals surface area contributed by atoms with E-state index in [-0.39, 0.29) is 12.8 Å². The highest BCUT2D eigenvalue weighted by atomic mass is 16.5. The number of ether oxygens (including phenoxy) is 1. The molecular formula is C16H25N3O5. The number of piperazine rings is 1. The third-order valence-electron chi connectivity index (χ3n) is 3.60. The SMILES string of the molecule is COc1ccccc1N1CC[NH2+]CC1.N[C@@H](CCC(=O)O)C(=O)[O-]. The van der Waals surface area contributed by atoms with Crippen LogP contribution in [0.2, 0.25) is 0 Å². The lowest BCUT2D eigenvalue weighted by Gasteiger charge is -2.28. The Morgan fingerprint density at radius 3 is 2.54 bits per heavy atom. The predicted molar refractivity (Wildman–Crippen MR) is 86.7 cm³/mol. The number of rotatable bonds is 6. The van der Waals surface area contributed by atoms with Crippen molar-refractivity contribution in [1.29, 1.82) is 0 Å². The van der Waals surface area contributed by atoms with Crippen molar-refractivity contribution in [3.8, 4) is 5.75 Å². The summed E-state index contributed by atoms with van der Waals surface area (Å²) in [5, 5.41) is 20.3. The first-order valence-corrected chi connectivity index (χ1v) is 7.83. The van der Waals surface area contributed by atoms with Crippen LogP contribution in [0.1, 0.15) is 12.8 Å². The molecule has 1 fully saturated rings. The van der Waals surface area contributed by atoms with Crippen molar-refractivity contribution in [2.75, 3.05) is 38.2 Å². The maximum Gasteiger partial charge on any atom is 0.303 e. The Kier molecular flexibility index (Phi) is 8.59. The molecule has 1 atom stereocenters. The molecule has 0 radical (unpaired) electrons. The lowest BCUT2D eigenvalue weighted by atomic mass is 10.2. The van der Waals surface area contributed by atoms with E-state index < -0.39 is 18.0 Å². The fourth-order valence-electron chi connectivity index (χ4n) is 2.28. The summed E-state index contributed by atoms with van der Waals surface area (Å²) in [4.78, 5) is 22.1. The lowest BCUT2D eigenvalue weighted by molar-refractivity contribution is -0.655. The van der Waals surface area contributed by atoms with Gasteiger partial charge in [-0.15, -0.1) is 0 Å². The minimum Gasteiger partial charge on any atom is -0.548 e. The molecule has 1 aromatic carbocycles. The van der Waals surface area contributed by atoms with Crippen LogP contribution < -0.4 is 25.8 Å². The molecule has 2 rings (SSSR count). The summed E-state index contributed by atoms with van der Waals surface area (Å²) in [7, 11) is 1.73. The Balaban J connectivity index is 0.000000257. The highest BCUT2D eigenvalue weighted by Crippen LogP contribution is 2.27. The van der Waals surface area contributed by atoms with E-state index in [1.54, 1.807) is 7.11 Å². The number of carboxylic acids is 2. The number of nitrogens with two attached hydrogens (primary N) is 2. The first-order chi connectivity index (χ1) is 11.5. The summed E-state index contributed by atoms with van der Waals surface area (Å²) < 4.78 is 5.35. The molecular weight excluding hydrogens is 314 g/mol. The number of nitrogens with zero attached hydrogens (tertiary/aromatic N) is 1. The third kappa shape index (κ3) is 6.84. The molecule has 0 spiro atoms. The molecule has 1 aliphatic rings. The Labute approximate surface area is 141 Å². The molecule has 1 aliphatic heterocycles. The average molecular weight is 339 g/mol. The second kappa shape index (κ2) is 10.5. The van der Waals surface area contributed by atoms with E-state index >= 15 is 0 Å². The van der Waals surface area contributed by atoms with Crippen LogP contribution in [0, 0.1) is 0 Å². The summed E-state index contributed by atoms with van der Waals surface area (Å²) in [5.41, 5.74) is 6.16. The highest BCUT2D eigenvalue weighted by Gasteiger charge is 2.15. The number of hydrogen-bond acceptors (Lipinski definition) is 6. The van der Waals surface area contributed by atoms with Gasteiger partial charge in [-0.3, -0.25) is 4.79 Å². The van der Waals surface area contributed by atoms with Gasteiger partial charge in [0.1, 0.15) is 5.75 Å². The minimum absolute atomic E-state index is 0.0856. The van der Waals surface area contributed by atoms with Crippen molar-refractivity contribution >= 4 is 17.6 Å². The molecule has 134 valence electrons. The number of carboxylic acid groups (broad SMARTS) is 2. The van der Waals surface area contributed by atoms with Crippen molar-refractivity contribution in [2.24, 2.45) is 5.73 Å². The summed E-state index contributed by atoms with van der Waals surface area (Å²) in [5.74, 6) is -1.49. The predicted octanol–water partition coefficient (Wildman–Crippen LogP) is -1.99. The number of anilines is 1. The van der Waals surface area contributed by atoms with Gasteiger partial charge in [0.25, 0.3) is 0 Å². The molecule has 8 heteroatoms. The van der Waals surface area contributed by atoms with Gasteiger partial charge in [0.2, 0.25) is 0 Å². The van der Waals surface area contributed by atoms with E-state index in [1.165, 1.54) is 18.8 Å². The second-order valence-corrected chi connectivity index (χ2v) is 5.38. The second-order valence-electron chi connectivity index (χ2n) is 5.38. The van der Waals surface area contributed by atoms with Crippen molar-refractivity contribution in [3.05, 3.63) is 24.3 Å². The number of carbonyl (C=O) groups excluding carboxylic acids is 1.